The van der Waals surface area contributed by atoms with Gasteiger partial charge in [-0.05, 0) is 105 Å². The molecule has 1 unspecified atom stereocenters. The number of ether oxygens (including phenoxy) is 1. The maximum Gasteiger partial charge on any atom is 0.251 e. The molecule has 10 nitrogen and oxygen atoms in total. The summed E-state index contributed by atoms with van der Waals surface area (Å²) in [4.78, 5) is 39.6. The number of aldehydes is 1. The third-order valence-corrected chi connectivity index (χ3v) is 7.79. The van der Waals surface area contributed by atoms with Crippen LogP contribution >= 0.6 is 0 Å². The molecule has 4 heterocycles. The Hall–Kier alpha value is -4.15. The minimum atomic E-state index is -1.01. The van der Waals surface area contributed by atoms with Crippen molar-refractivity contribution in [3.63, 3.8) is 0 Å². The quantitative estimate of drug-likeness (QED) is 0.0798. The van der Waals surface area contributed by atoms with E-state index < -0.39 is 6.04 Å². The number of aliphatic hydroxyl groups excluding tert-OH is 1. The van der Waals surface area contributed by atoms with Crippen LogP contribution in [-0.2, 0) is 22.4 Å². The van der Waals surface area contributed by atoms with Crippen LogP contribution in [0.25, 0.3) is 33.2 Å². The minimum Gasteiger partial charge on any atom is -0.371 e. The third kappa shape index (κ3) is 6.83. The Kier molecular flexibility index (Phi) is 10.0. The van der Waals surface area contributed by atoms with Gasteiger partial charge in [-0.15, -0.1) is 0 Å². The molecule has 4 rings (SSSR count). The maximum atomic E-state index is 11.9. The number of aromatic nitrogens is 4. The number of nitro groups is 1. The van der Waals surface area contributed by atoms with Crippen LogP contribution in [0.4, 0.5) is 0 Å². The fraction of sp³-hybridized carbons (Fsp3) is 0.406. The van der Waals surface area contributed by atoms with Gasteiger partial charge in [-0.1, -0.05) is 6.92 Å². The number of nitrogens with zero attached hydrogens (tertiary/aromatic N) is 3. The second kappa shape index (κ2) is 13.7. The van der Waals surface area contributed by atoms with Crippen molar-refractivity contribution in [1.82, 2.24) is 19.9 Å². The Morgan fingerprint density at radius 2 is 1.81 bits per heavy atom. The largest absolute Gasteiger partial charge is 0.371 e. The fourth-order valence-electron chi connectivity index (χ4n) is 5.25. The van der Waals surface area contributed by atoms with Gasteiger partial charge >= 0.3 is 0 Å². The van der Waals surface area contributed by atoms with Gasteiger partial charge in [0.15, 0.2) is 0 Å². The van der Waals surface area contributed by atoms with Gasteiger partial charge in [-0.25, -0.2) is 4.98 Å². The topological polar surface area (TPSA) is 147 Å². The normalized spacial score (nSPS) is 12.9. The molecule has 3 N–H and O–H groups in total. The highest BCUT2D eigenvalue weighted by Gasteiger charge is 2.20. The molecule has 0 saturated heterocycles. The van der Waals surface area contributed by atoms with Gasteiger partial charge in [-0.3, -0.25) is 15.1 Å². The van der Waals surface area contributed by atoms with Gasteiger partial charge in [0.1, 0.15) is 18.8 Å². The first-order chi connectivity index (χ1) is 20.2. The molecule has 1 aliphatic heterocycles. The molecule has 1 aliphatic rings. The molecular formula is C32H39N5O5. The number of hydrogen-bond donors (Lipinski definition) is 3. The first kappa shape index (κ1) is 30.8. The van der Waals surface area contributed by atoms with Crippen LogP contribution in [0.5, 0.6) is 0 Å². The van der Waals surface area contributed by atoms with Gasteiger partial charge in [0.25, 0.3) is 6.04 Å². The van der Waals surface area contributed by atoms with E-state index in [-0.39, 0.29) is 11.7 Å². The van der Waals surface area contributed by atoms with E-state index in [1.165, 1.54) is 0 Å². The highest BCUT2D eigenvalue weighted by Crippen LogP contribution is 2.34. The molecule has 1 atom stereocenters. The SMILES string of the molecule is CCc1cc2[nH]c(cc3nc(cc4cc(C)c(cc(C(C)[N+](=O)[O-])n1)[nH]4)C(C)=C3CCCOCO)c(CCC=O)c2C. The van der Waals surface area contributed by atoms with E-state index in [9.17, 15) is 14.9 Å². The molecule has 0 aromatic carbocycles. The van der Waals surface area contributed by atoms with Crippen LogP contribution in [0.3, 0.4) is 0 Å². The molecule has 0 amide bonds. The molecule has 0 fully saturated rings. The molecule has 0 aliphatic carbocycles. The lowest BCUT2D eigenvalue weighted by molar-refractivity contribution is -0.525. The number of fused-ring (bicyclic) bond motifs is 6. The van der Waals surface area contributed by atoms with E-state index >= 15 is 0 Å². The van der Waals surface area contributed by atoms with Crippen molar-refractivity contribution in [2.75, 3.05) is 13.4 Å². The first-order valence-corrected chi connectivity index (χ1v) is 14.3. The Morgan fingerprint density at radius 3 is 2.50 bits per heavy atom. The highest BCUT2D eigenvalue weighted by molar-refractivity contribution is 5.92. The lowest BCUT2D eigenvalue weighted by Gasteiger charge is -2.05. The third-order valence-electron chi connectivity index (χ3n) is 7.79. The number of carbonyl (C=O) groups is 1. The number of aromatic amines is 2. The fourth-order valence-corrected chi connectivity index (χ4v) is 5.25. The first-order valence-electron chi connectivity index (χ1n) is 14.3. The molecule has 6 bridgehead atoms. The highest BCUT2D eigenvalue weighted by atomic mass is 16.6. The summed E-state index contributed by atoms with van der Waals surface area (Å²) in [6, 6.07) is 8.71. The molecule has 3 aromatic rings. The summed E-state index contributed by atoms with van der Waals surface area (Å²) < 4.78 is 5.17. The Labute approximate surface area is 245 Å². The summed E-state index contributed by atoms with van der Waals surface area (Å²) in [6.07, 6.45) is 3.87. The van der Waals surface area contributed by atoms with Crippen LogP contribution in [-0.4, -0.2) is 49.7 Å². The molecular weight excluding hydrogens is 534 g/mol. The smallest absolute Gasteiger partial charge is 0.251 e. The lowest BCUT2D eigenvalue weighted by atomic mass is 10.0. The number of aryl methyl sites for hydroxylation is 4. The molecule has 0 spiro atoms. The number of carbonyl (C=O) groups excluding carboxylic acids is 1. The van der Waals surface area contributed by atoms with Crippen LogP contribution < -0.4 is 0 Å². The van der Waals surface area contributed by atoms with E-state index in [0.717, 1.165) is 74.0 Å². The van der Waals surface area contributed by atoms with Crippen LogP contribution in [0.2, 0.25) is 0 Å². The van der Waals surface area contributed by atoms with Crippen molar-refractivity contribution in [2.45, 2.75) is 72.8 Å². The van der Waals surface area contributed by atoms with Crippen LogP contribution in [0, 0.1) is 24.0 Å². The zero-order valence-corrected chi connectivity index (χ0v) is 24.9. The van der Waals surface area contributed by atoms with Crippen molar-refractivity contribution in [1.29, 1.82) is 0 Å². The maximum absolute atomic E-state index is 11.9. The number of H-pyrrole nitrogens is 2. The van der Waals surface area contributed by atoms with Gasteiger partial charge in [0, 0.05) is 52.6 Å². The van der Waals surface area contributed by atoms with Gasteiger partial charge < -0.3 is 24.6 Å². The average molecular weight is 574 g/mol. The molecule has 0 radical (unpaired) electrons. The molecule has 10 heteroatoms. The zero-order valence-electron chi connectivity index (χ0n) is 24.9. The summed E-state index contributed by atoms with van der Waals surface area (Å²) in [5.41, 5.74) is 11.1. The van der Waals surface area contributed by atoms with Crippen molar-refractivity contribution in [2.24, 2.45) is 0 Å². The average Bonchev–Trinajstić information content (AvgIpc) is 3.55. The number of rotatable bonds is 11. The van der Waals surface area contributed by atoms with Crippen LogP contribution in [0.15, 0.2) is 30.3 Å². The van der Waals surface area contributed by atoms with Crippen molar-refractivity contribution in [3.8, 4) is 0 Å². The second-order valence-corrected chi connectivity index (χ2v) is 10.6. The lowest BCUT2D eigenvalue weighted by Crippen LogP contribution is -2.08. The van der Waals surface area contributed by atoms with Crippen molar-refractivity contribution < 1.29 is 19.6 Å². The van der Waals surface area contributed by atoms with Crippen LogP contribution in [0.1, 0.15) is 85.5 Å². The van der Waals surface area contributed by atoms with E-state index in [1.807, 2.05) is 52.0 Å². The number of aliphatic hydroxyl groups is 1. The summed E-state index contributed by atoms with van der Waals surface area (Å²) >= 11 is 0. The van der Waals surface area contributed by atoms with Gasteiger partial charge in [-0.2, -0.15) is 0 Å². The predicted octanol–water partition coefficient (Wildman–Crippen LogP) is 6.33. The van der Waals surface area contributed by atoms with Crippen molar-refractivity contribution >= 4 is 39.5 Å². The summed E-state index contributed by atoms with van der Waals surface area (Å²) in [6.45, 7) is 9.65. The van der Waals surface area contributed by atoms with Crippen molar-refractivity contribution in [3.05, 3.63) is 79.9 Å². The summed E-state index contributed by atoms with van der Waals surface area (Å²) in [5, 5.41) is 20.9. The standard InChI is InChI=1S/C32H39N5O5/c1-6-23-14-28-20(3)25(9-7-11-38)31(35-28)17-32-26(10-8-12-42-18-39)21(4)29(36-32)15-24-13-19(2)27(34-24)16-30(33-23)22(5)37(40)41/h11,13-17,22,34-35,39H,6-10,12,18H2,1-5H3. The number of hydrogen-bond acceptors (Lipinski definition) is 7. The molecule has 0 saturated carbocycles. The van der Waals surface area contributed by atoms with Gasteiger partial charge in [0.05, 0.1) is 11.4 Å². The van der Waals surface area contributed by atoms with Gasteiger partial charge in [0.2, 0.25) is 0 Å². The molecule has 42 heavy (non-hydrogen) atoms. The molecule has 3 aromatic heterocycles. The van der Waals surface area contributed by atoms with E-state index in [0.29, 0.717) is 43.7 Å². The summed E-state index contributed by atoms with van der Waals surface area (Å²) in [5.74, 6) is 0. The number of nitrogens with one attached hydrogen (secondary N) is 2. The van der Waals surface area contributed by atoms with E-state index in [2.05, 4.69) is 9.97 Å². The Morgan fingerprint density at radius 1 is 1.02 bits per heavy atom. The van der Waals surface area contributed by atoms with E-state index in [1.54, 1.807) is 13.0 Å². The number of allylic oxidation sites excluding steroid dienone is 2. The van der Waals surface area contributed by atoms with E-state index in [4.69, 9.17) is 19.8 Å². The predicted molar refractivity (Wildman–Crippen MR) is 164 cm³/mol. The monoisotopic (exact) mass is 573 g/mol. The second-order valence-electron chi connectivity index (χ2n) is 10.6. The molecule has 222 valence electrons. The minimum absolute atomic E-state index is 0.314. The Bertz CT molecular complexity index is 1670. The Balaban J connectivity index is 2.11. The zero-order chi connectivity index (χ0) is 30.4. The summed E-state index contributed by atoms with van der Waals surface area (Å²) in [7, 11) is 0.